The van der Waals surface area contributed by atoms with Gasteiger partial charge in [-0.1, -0.05) is 13.3 Å². The van der Waals surface area contributed by atoms with Crippen molar-refractivity contribution in [2.45, 2.75) is 38.6 Å². The van der Waals surface area contributed by atoms with E-state index >= 15 is 0 Å². The van der Waals surface area contributed by atoms with Gasteiger partial charge in [-0.15, -0.1) is 0 Å². The maximum Gasteiger partial charge on any atom is 0.0955 e. The van der Waals surface area contributed by atoms with Crippen molar-refractivity contribution in [2.24, 2.45) is 0 Å². The minimum Gasteiger partial charge on any atom is -0.358 e. The summed E-state index contributed by atoms with van der Waals surface area (Å²) in [4.78, 5) is 4.85. The summed E-state index contributed by atoms with van der Waals surface area (Å²) in [5.74, 6) is 0.818. The van der Waals surface area contributed by atoms with Crippen LogP contribution in [-0.4, -0.2) is 47.9 Å². The lowest BCUT2D eigenvalue weighted by atomic mass is 9.91. The lowest BCUT2D eigenvalue weighted by molar-refractivity contribution is 0.0846. The standard InChI is InChI=1S/C11H21N3/c1-2-11(12)14-8-6-13(7-9-14)10-4-3-5-10/h10,12H,2-9H2,1H3. The van der Waals surface area contributed by atoms with Crippen molar-refractivity contribution >= 4 is 5.84 Å². The molecule has 1 heterocycles. The summed E-state index contributed by atoms with van der Waals surface area (Å²) in [6, 6.07) is 0.882. The SMILES string of the molecule is CCC(=N)N1CCN(C2CCC2)CC1. The molecule has 1 saturated heterocycles. The molecule has 0 spiro atoms. The number of hydrogen-bond acceptors (Lipinski definition) is 2. The molecule has 1 saturated carbocycles. The van der Waals surface area contributed by atoms with E-state index < -0.39 is 0 Å². The third-order valence-corrected chi connectivity index (χ3v) is 3.62. The van der Waals surface area contributed by atoms with E-state index in [2.05, 4.69) is 16.7 Å². The first-order valence-corrected chi connectivity index (χ1v) is 5.87. The van der Waals surface area contributed by atoms with Gasteiger partial charge in [-0.05, 0) is 12.8 Å². The molecular weight excluding hydrogens is 174 g/mol. The van der Waals surface area contributed by atoms with Gasteiger partial charge in [0.15, 0.2) is 0 Å². The number of nitrogens with one attached hydrogen (secondary N) is 1. The lowest BCUT2D eigenvalue weighted by Crippen LogP contribution is -2.53. The summed E-state index contributed by atoms with van der Waals surface area (Å²) >= 11 is 0. The highest BCUT2D eigenvalue weighted by Crippen LogP contribution is 2.25. The molecule has 80 valence electrons. The summed E-state index contributed by atoms with van der Waals surface area (Å²) in [5.41, 5.74) is 0. The molecule has 0 aromatic rings. The van der Waals surface area contributed by atoms with Crippen LogP contribution in [0.25, 0.3) is 0 Å². The largest absolute Gasteiger partial charge is 0.358 e. The Morgan fingerprint density at radius 2 is 1.86 bits per heavy atom. The lowest BCUT2D eigenvalue weighted by Gasteiger charge is -2.43. The first kappa shape index (κ1) is 9.97. The molecule has 1 aliphatic carbocycles. The number of nitrogens with zero attached hydrogens (tertiary/aromatic N) is 2. The van der Waals surface area contributed by atoms with Crippen LogP contribution in [0.3, 0.4) is 0 Å². The molecule has 3 heteroatoms. The van der Waals surface area contributed by atoms with Crippen molar-refractivity contribution in [2.75, 3.05) is 26.2 Å². The predicted octanol–water partition coefficient (Wildman–Crippen LogP) is 1.54. The smallest absolute Gasteiger partial charge is 0.0955 e. The Hall–Kier alpha value is -0.570. The van der Waals surface area contributed by atoms with Crippen molar-refractivity contribution in [3.8, 4) is 0 Å². The summed E-state index contributed by atoms with van der Waals surface area (Å²) in [6.07, 6.45) is 5.12. The third-order valence-electron chi connectivity index (χ3n) is 3.62. The Kier molecular flexibility index (Phi) is 3.06. The summed E-state index contributed by atoms with van der Waals surface area (Å²) in [6.45, 7) is 6.56. The van der Waals surface area contributed by atoms with Crippen LogP contribution in [0.4, 0.5) is 0 Å². The van der Waals surface area contributed by atoms with Crippen molar-refractivity contribution in [1.29, 1.82) is 5.41 Å². The van der Waals surface area contributed by atoms with Crippen LogP contribution in [-0.2, 0) is 0 Å². The number of hydrogen-bond donors (Lipinski definition) is 1. The fourth-order valence-electron chi connectivity index (χ4n) is 2.33. The fourth-order valence-corrected chi connectivity index (χ4v) is 2.33. The Morgan fingerprint density at radius 3 is 2.29 bits per heavy atom. The maximum absolute atomic E-state index is 7.77. The second kappa shape index (κ2) is 4.30. The number of piperazine rings is 1. The van der Waals surface area contributed by atoms with E-state index in [0.717, 1.165) is 31.4 Å². The van der Waals surface area contributed by atoms with Crippen LogP contribution >= 0.6 is 0 Å². The van der Waals surface area contributed by atoms with E-state index in [4.69, 9.17) is 5.41 Å². The van der Waals surface area contributed by atoms with Crippen molar-refractivity contribution < 1.29 is 0 Å². The average molecular weight is 195 g/mol. The van der Waals surface area contributed by atoms with Crippen LogP contribution in [0, 0.1) is 5.41 Å². The van der Waals surface area contributed by atoms with Gasteiger partial charge in [-0.3, -0.25) is 10.3 Å². The molecule has 1 aliphatic heterocycles. The molecule has 2 rings (SSSR count). The fraction of sp³-hybridized carbons (Fsp3) is 0.909. The van der Waals surface area contributed by atoms with Gasteiger partial charge in [0.1, 0.15) is 0 Å². The monoisotopic (exact) mass is 195 g/mol. The van der Waals surface area contributed by atoms with Gasteiger partial charge in [0, 0.05) is 38.6 Å². The van der Waals surface area contributed by atoms with E-state index in [-0.39, 0.29) is 0 Å². The van der Waals surface area contributed by atoms with E-state index in [1.807, 2.05) is 0 Å². The van der Waals surface area contributed by atoms with Gasteiger partial charge in [0.25, 0.3) is 0 Å². The van der Waals surface area contributed by atoms with E-state index in [0.29, 0.717) is 0 Å². The third kappa shape index (κ3) is 1.92. The Labute approximate surface area is 86.6 Å². The molecule has 3 nitrogen and oxygen atoms in total. The van der Waals surface area contributed by atoms with Crippen LogP contribution in [0.1, 0.15) is 32.6 Å². The first-order valence-electron chi connectivity index (χ1n) is 5.87. The van der Waals surface area contributed by atoms with Crippen molar-refractivity contribution in [1.82, 2.24) is 9.80 Å². The van der Waals surface area contributed by atoms with E-state index in [1.54, 1.807) is 0 Å². The Balaban J connectivity index is 1.76. The molecule has 2 fully saturated rings. The minimum absolute atomic E-state index is 0.818. The zero-order chi connectivity index (χ0) is 9.97. The Morgan fingerprint density at radius 1 is 1.21 bits per heavy atom. The molecule has 0 aromatic heterocycles. The average Bonchev–Trinajstić information content (AvgIpc) is 2.15. The first-order chi connectivity index (χ1) is 6.81. The van der Waals surface area contributed by atoms with Crippen LogP contribution in [0.15, 0.2) is 0 Å². The van der Waals surface area contributed by atoms with Crippen molar-refractivity contribution in [3.05, 3.63) is 0 Å². The highest BCUT2D eigenvalue weighted by molar-refractivity contribution is 5.78. The normalized spacial score (nSPS) is 24.8. The quantitative estimate of drug-likeness (QED) is 0.535. The van der Waals surface area contributed by atoms with Gasteiger partial charge < -0.3 is 4.90 Å². The van der Waals surface area contributed by atoms with Crippen molar-refractivity contribution in [3.63, 3.8) is 0 Å². The van der Waals surface area contributed by atoms with Gasteiger partial charge in [-0.25, -0.2) is 0 Å². The molecule has 0 amide bonds. The highest BCUT2D eigenvalue weighted by Gasteiger charge is 2.27. The second-order valence-corrected chi connectivity index (χ2v) is 4.41. The molecule has 0 atom stereocenters. The summed E-state index contributed by atoms with van der Waals surface area (Å²) in [7, 11) is 0. The summed E-state index contributed by atoms with van der Waals surface area (Å²) in [5, 5.41) is 7.77. The van der Waals surface area contributed by atoms with E-state index in [9.17, 15) is 0 Å². The molecular formula is C11H21N3. The summed E-state index contributed by atoms with van der Waals surface area (Å²) < 4.78 is 0. The van der Waals surface area contributed by atoms with Gasteiger partial charge in [0.05, 0.1) is 5.84 Å². The predicted molar refractivity (Wildman–Crippen MR) is 58.8 cm³/mol. The molecule has 2 aliphatic rings. The zero-order valence-corrected chi connectivity index (χ0v) is 9.13. The highest BCUT2D eigenvalue weighted by atomic mass is 15.3. The number of amidine groups is 1. The van der Waals surface area contributed by atoms with E-state index in [1.165, 1.54) is 32.4 Å². The topological polar surface area (TPSA) is 30.3 Å². The molecule has 0 bridgehead atoms. The minimum atomic E-state index is 0.818. The van der Waals surface area contributed by atoms with Crippen LogP contribution in [0.2, 0.25) is 0 Å². The maximum atomic E-state index is 7.77. The molecule has 1 N–H and O–H groups in total. The Bertz CT molecular complexity index is 203. The van der Waals surface area contributed by atoms with Gasteiger partial charge >= 0.3 is 0 Å². The molecule has 0 unspecified atom stereocenters. The molecule has 14 heavy (non-hydrogen) atoms. The zero-order valence-electron chi connectivity index (χ0n) is 9.13. The van der Waals surface area contributed by atoms with Crippen LogP contribution in [0.5, 0.6) is 0 Å². The second-order valence-electron chi connectivity index (χ2n) is 4.41. The molecule has 0 radical (unpaired) electrons. The van der Waals surface area contributed by atoms with Crippen LogP contribution < -0.4 is 0 Å². The number of rotatable bonds is 2. The van der Waals surface area contributed by atoms with Gasteiger partial charge in [0.2, 0.25) is 0 Å². The molecule has 0 aromatic carbocycles. The van der Waals surface area contributed by atoms with Gasteiger partial charge in [-0.2, -0.15) is 0 Å².